The fourth-order valence-corrected chi connectivity index (χ4v) is 20.7. The molecule has 0 aliphatic heterocycles. The van der Waals surface area contributed by atoms with Gasteiger partial charge in [0.25, 0.3) is 0 Å². The first-order valence-corrected chi connectivity index (χ1v) is 28.9. The summed E-state index contributed by atoms with van der Waals surface area (Å²) in [6.07, 6.45) is 46.2. The smallest absolute Gasteiger partial charge is 0.0433 e. The molecule has 10 saturated carbocycles. The fraction of sp³-hybridized carbons (Fsp3) is 1.00. The maximum atomic E-state index is 9.80. The third kappa shape index (κ3) is 8.75. The van der Waals surface area contributed by atoms with Gasteiger partial charge >= 0.3 is 0 Å². The molecule has 10 rings (SSSR count). The molecule has 4 heteroatoms. The lowest BCUT2D eigenvalue weighted by atomic mass is 9.66. The molecule has 0 aromatic carbocycles. The van der Waals surface area contributed by atoms with Crippen LogP contribution < -0.4 is 0 Å². The Kier molecular flexibility index (Phi) is 14.3. The fourth-order valence-electron chi connectivity index (χ4n) is 20.7. The topological polar surface area (TPSA) is 46.9 Å². The van der Waals surface area contributed by atoms with Crippen molar-refractivity contribution in [2.45, 2.75) is 269 Å². The third-order valence-electron chi connectivity index (χ3n) is 23.7. The molecule has 4 nitrogen and oxygen atoms in total. The molecule has 0 aromatic rings. The second kappa shape index (κ2) is 19.4. The van der Waals surface area contributed by atoms with E-state index in [1.165, 1.54) is 193 Å². The van der Waals surface area contributed by atoms with Gasteiger partial charge in [-0.3, -0.25) is 9.80 Å². The number of fused-ring (bicyclic) bond motifs is 6. The van der Waals surface area contributed by atoms with Crippen molar-refractivity contribution in [2.75, 3.05) is 13.2 Å². The summed E-state index contributed by atoms with van der Waals surface area (Å²) in [4.78, 5) is 6.58. The molecule has 10 aliphatic rings. The average molecular weight is 857 g/mol. The summed E-state index contributed by atoms with van der Waals surface area (Å²) in [5.41, 5.74) is 1.07. The highest BCUT2D eigenvalue weighted by Crippen LogP contribution is 2.65. The molecule has 0 aromatic heterocycles. The molecule has 0 amide bonds. The van der Waals surface area contributed by atoms with Gasteiger partial charge in [-0.25, -0.2) is 0 Å². The molecule has 0 saturated heterocycles. The van der Waals surface area contributed by atoms with Crippen LogP contribution in [-0.2, 0) is 0 Å². The van der Waals surface area contributed by atoms with E-state index < -0.39 is 0 Å². The van der Waals surface area contributed by atoms with Gasteiger partial charge in [0.15, 0.2) is 0 Å². The molecule has 10 aliphatic carbocycles. The maximum absolute atomic E-state index is 9.80. The minimum Gasteiger partial charge on any atom is -0.396 e. The van der Waals surface area contributed by atoms with E-state index in [4.69, 9.17) is 0 Å². The summed E-state index contributed by atoms with van der Waals surface area (Å²) in [5, 5.41) is 19.6. The predicted octanol–water partition coefficient (Wildman–Crippen LogP) is 13.9. The van der Waals surface area contributed by atoms with Gasteiger partial charge in [0.05, 0.1) is 0 Å². The van der Waals surface area contributed by atoms with Crippen molar-refractivity contribution in [3.8, 4) is 0 Å². The van der Waals surface area contributed by atoms with Crippen molar-refractivity contribution in [3.05, 3.63) is 0 Å². The Balaban J connectivity index is 0.790. The van der Waals surface area contributed by atoms with Gasteiger partial charge in [-0.2, -0.15) is 0 Å². The van der Waals surface area contributed by atoms with Crippen molar-refractivity contribution in [1.82, 2.24) is 9.80 Å². The van der Waals surface area contributed by atoms with E-state index in [-0.39, 0.29) is 0 Å². The summed E-state index contributed by atoms with van der Waals surface area (Å²) in [6.45, 7) is 11.7. The monoisotopic (exact) mass is 857 g/mol. The lowest BCUT2D eigenvalue weighted by Gasteiger charge is -2.53. The minimum absolute atomic E-state index is 0.388. The Hall–Kier alpha value is -0.160. The molecular formula is C58H100N2O2. The van der Waals surface area contributed by atoms with E-state index in [1.54, 1.807) is 0 Å². The number of aliphatic hydroxyl groups excluding tert-OH is 2. The van der Waals surface area contributed by atoms with Crippen LogP contribution in [0.3, 0.4) is 0 Å². The van der Waals surface area contributed by atoms with Crippen LogP contribution in [0.15, 0.2) is 0 Å². The van der Waals surface area contributed by atoms with Gasteiger partial charge < -0.3 is 10.2 Å². The number of rotatable bonds is 11. The Morgan fingerprint density at radius 3 is 1.00 bits per heavy atom. The molecule has 62 heavy (non-hydrogen) atoms. The molecule has 2 N–H and O–H groups in total. The second-order valence-corrected chi connectivity index (χ2v) is 26.6. The standard InChI is InChI=1S/C58H100N2O2/c1-57(2)53-11-7-5-9-49(53)51-31-29-47(37-55(51)57)59(43-21-13-39(14-22-43)33-35-61)45-25-17-41(18-26-45)42-19-27-46(28-20-42)60(44-23-15-40(16-24-44)34-36-62)48-30-32-52-50-10-6-8-12-54(50)58(3,4)56(52)38-48/h39-56,61-62H,5-38H2,1-4H3. The van der Waals surface area contributed by atoms with Crippen LogP contribution >= 0.6 is 0 Å². The SMILES string of the molecule is CC1(C)C2CCCCC2C2CCC(N(C3CCC(CCO)CC3)C3CCC(C4CCC(N(C5CCC(CCO)CC5)C5CCC6C7CCCCC7C(C)(C)C6C5)CC4)CC3)CC21. The van der Waals surface area contributed by atoms with Crippen molar-refractivity contribution in [2.24, 2.45) is 81.8 Å². The molecule has 354 valence electrons. The molecule has 0 radical (unpaired) electrons. The lowest BCUT2D eigenvalue weighted by molar-refractivity contribution is -0.0327. The van der Waals surface area contributed by atoms with E-state index in [0.29, 0.717) is 24.0 Å². The van der Waals surface area contributed by atoms with Gasteiger partial charge in [0.2, 0.25) is 0 Å². The van der Waals surface area contributed by atoms with E-state index >= 15 is 0 Å². The van der Waals surface area contributed by atoms with Crippen LogP contribution in [0.2, 0.25) is 0 Å². The zero-order valence-electron chi connectivity index (χ0n) is 41.2. The highest BCUT2D eigenvalue weighted by atomic mass is 16.3. The van der Waals surface area contributed by atoms with E-state index in [2.05, 4.69) is 37.5 Å². The molecule has 0 bridgehead atoms. The Morgan fingerprint density at radius 2 is 0.645 bits per heavy atom. The normalized spacial score (nSPS) is 48.0. The van der Waals surface area contributed by atoms with Crippen molar-refractivity contribution >= 4 is 0 Å². The maximum Gasteiger partial charge on any atom is 0.0433 e. The van der Waals surface area contributed by atoms with Crippen LogP contribution in [0.25, 0.3) is 0 Å². The number of nitrogens with zero attached hydrogens (tertiary/aromatic N) is 2. The van der Waals surface area contributed by atoms with Gasteiger partial charge in [0.1, 0.15) is 0 Å². The molecule has 10 unspecified atom stereocenters. The summed E-state index contributed by atoms with van der Waals surface area (Å²) in [7, 11) is 0. The molecular weight excluding hydrogens is 757 g/mol. The van der Waals surface area contributed by atoms with Gasteiger partial charge in [-0.15, -0.1) is 0 Å². The highest BCUT2D eigenvalue weighted by Gasteiger charge is 2.59. The van der Waals surface area contributed by atoms with Crippen molar-refractivity contribution in [3.63, 3.8) is 0 Å². The van der Waals surface area contributed by atoms with Gasteiger partial charge in [0, 0.05) is 49.5 Å². The molecule has 0 heterocycles. The summed E-state index contributed by atoms with van der Waals surface area (Å²) in [5.74, 6) is 11.5. The van der Waals surface area contributed by atoms with Gasteiger partial charge in [-0.05, 0) is 262 Å². The molecule has 10 fully saturated rings. The van der Waals surface area contributed by atoms with E-state index in [0.717, 1.165) is 120 Å². The third-order valence-corrected chi connectivity index (χ3v) is 23.7. The number of hydrogen-bond acceptors (Lipinski definition) is 4. The van der Waals surface area contributed by atoms with Crippen LogP contribution in [0.5, 0.6) is 0 Å². The average Bonchev–Trinajstić information content (AvgIpc) is 3.67. The van der Waals surface area contributed by atoms with Crippen molar-refractivity contribution < 1.29 is 10.2 Å². The first kappa shape index (κ1) is 45.6. The Labute approximate surface area is 383 Å². The van der Waals surface area contributed by atoms with E-state index in [1.807, 2.05) is 0 Å². The van der Waals surface area contributed by atoms with Crippen LogP contribution in [0.1, 0.15) is 233 Å². The quantitative estimate of drug-likeness (QED) is 0.217. The number of hydrogen-bond donors (Lipinski definition) is 2. The Bertz CT molecular complexity index is 1310. The number of aliphatic hydroxyl groups is 2. The second-order valence-electron chi connectivity index (χ2n) is 26.6. The largest absolute Gasteiger partial charge is 0.396 e. The molecule has 0 spiro atoms. The zero-order chi connectivity index (χ0) is 42.6. The predicted molar refractivity (Wildman–Crippen MR) is 258 cm³/mol. The lowest BCUT2D eigenvalue weighted by Crippen LogP contribution is -2.55. The zero-order valence-corrected chi connectivity index (χ0v) is 41.2. The van der Waals surface area contributed by atoms with Crippen LogP contribution in [0.4, 0.5) is 0 Å². The Morgan fingerprint density at radius 1 is 0.339 bits per heavy atom. The summed E-state index contributed by atoms with van der Waals surface area (Å²) >= 11 is 0. The van der Waals surface area contributed by atoms with E-state index in [9.17, 15) is 10.2 Å². The van der Waals surface area contributed by atoms with Crippen molar-refractivity contribution in [1.29, 1.82) is 0 Å². The highest BCUT2D eigenvalue weighted by molar-refractivity contribution is 5.09. The first-order chi connectivity index (χ1) is 30.1. The van der Waals surface area contributed by atoms with Crippen LogP contribution in [0, 0.1) is 81.8 Å². The minimum atomic E-state index is 0.388. The summed E-state index contributed by atoms with van der Waals surface area (Å²) < 4.78 is 0. The molecule has 10 atom stereocenters. The summed E-state index contributed by atoms with van der Waals surface area (Å²) in [6, 6.07) is 4.90. The van der Waals surface area contributed by atoms with Crippen LogP contribution in [-0.4, -0.2) is 69.5 Å². The van der Waals surface area contributed by atoms with Gasteiger partial charge in [-0.1, -0.05) is 53.4 Å². The first-order valence-electron chi connectivity index (χ1n) is 28.9.